The first kappa shape index (κ1) is 16.8. The Hall–Kier alpha value is -3.61. The highest BCUT2D eigenvalue weighted by molar-refractivity contribution is 6.11. The molecule has 1 amide bonds. The molecule has 27 heavy (non-hydrogen) atoms. The number of benzene rings is 1. The Kier molecular flexibility index (Phi) is 4.12. The molecule has 7 heteroatoms. The van der Waals surface area contributed by atoms with Crippen molar-refractivity contribution < 1.29 is 4.79 Å². The fraction of sp³-hybridized carbons (Fsp3) is 0.150. The van der Waals surface area contributed by atoms with Gasteiger partial charge in [0.2, 0.25) is 0 Å². The number of aromatic nitrogens is 5. The first-order valence-corrected chi connectivity index (χ1v) is 8.55. The minimum absolute atomic E-state index is 0.301. The van der Waals surface area contributed by atoms with Crippen molar-refractivity contribution in [2.24, 2.45) is 0 Å². The third-order valence-corrected chi connectivity index (χ3v) is 4.63. The predicted molar refractivity (Wildman–Crippen MR) is 103 cm³/mol. The second-order valence-electron chi connectivity index (χ2n) is 6.31. The van der Waals surface area contributed by atoms with Crippen LogP contribution in [-0.4, -0.2) is 30.6 Å². The zero-order valence-electron chi connectivity index (χ0n) is 15.3. The molecule has 7 nitrogen and oxygen atoms in total. The van der Waals surface area contributed by atoms with Crippen LogP contribution in [0.1, 0.15) is 27.4 Å². The summed E-state index contributed by atoms with van der Waals surface area (Å²) in [6.45, 7) is 5.94. The normalized spacial score (nSPS) is 10.9. The fourth-order valence-electron chi connectivity index (χ4n) is 2.90. The molecule has 0 saturated heterocycles. The number of carbonyl (C=O) groups is 1. The van der Waals surface area contributed by atoms with E-state index in [9.17, 15) is 4.79 Å². The van der Waals surface area contributed by atoms with Crippen LogP contribution in [0.25, 0.3) is 16.7 Å². The van der Waals surface area contributed by atoms with Gasteiger partial charge >= 0.3 is 0 Å². The highest BCUT2D eigenvalue weighted by Gasteiger charge is 2.14. The molecule has 0 unspecified atom stereocenters. The van der Waals surface area contributed by atoms with E-state index in [-0.39, 0.29) is 5.91 Å². The zero-order valence-corrected chi connectivity index (χ0v) is 15.3. The smallest absolute Gasteiger partial charge is 0.274 e. The summed E-state index contributed by atoms with van der Waals surface area (Å²) in [5.41, 5.74) is 3.90. The summed E-state index contributed by atoms with van der Waals surface area (Å²) in [6, 6.07) is 9.51. The molecule has 1 N–H and O–H groups in total. The van der Waals surface area contributed by atoms with Crippen LogP contribution < -0.4 is 5.32 Å². The maximum absolute atomic E-state index is 12.6. The first-order valence-electron chi connectivity index (χ1n) is 8.55. The summed E-state index contributed by atoms with van der Waals surface area (Å²) >= 11 is 0. The van der Waals surface area contributed by atoms with Gasteiger partial charge in [-0.15, -0.1) is 0 Å². The van der Waals surface area contributed by atoms with E-state index in [4.69, 9.17) is 0 Å². The minimum Gasteiger partial charge on any atom is -0.318 e. The van der Waals surface area contributed by atoms with E-state index in [0.29, 0.717) is 17.3 Å². The van der Waals surface area contributed by atoms with Crippen LogP contribution in [-0.2, 0) is 0 Å². The summed E-state index contributed by atoms with van der Waals surface area (Å²) in [5, 5.41) is 9.01. The lowest BCUT2D eigenvalue weighted by Gasteiger charge is -2.08. The summed E-state index contributed by atoms with van der Waals surface area (Å²) in [5.74, 6) is 0.162. The van der Waals surface area contributed by atoms with E-state index in [1.807, 2.05) is 51.1 Å². The second kappa shape index (κ2) is 6.60. The molecule has 134 valence electrons. The molecule has 0 aliphatic rings. The van der Waals surface area contributed by atoms with E-state index in [2.05, 4.69) is 25.4 Å². The van der Waals surface area contributed by atoms with Crippen LogP contribution in [0.3, 0.4) is 0 Å². The van der Waals surface area contributed by atoms with Gasteiger partial charge < -0.3 is 5.32 Å². The number of amides is 1. The summed E-state index contributed by atoms with van der Waals surface area (Å²) in [4.78, 5) is 25.5. The summed E-state index contributed by atoms with van der Waals surface area (Å²) in [7, 11) is 0. The Morgan fingerprint density at radius 1 is 1.00 bits per heavy atom. The van der Waals surface area contributed by atoms with Crippen LogP contribution in [0.5, 0.6) is 0 Å². The van der Waals surface area contributed by atoms with Gasteiger partial charge in [-0.05, 0) is 37.8 Å². The lowest BCUT2D eigenvalue weighted by Crippen LogP contribution is -2.15. The van der Waals surface area contributed by atoms with Crippen molar-refractivity contribution in [3.63, 3.8) is 0 Å². The molecule has 0 aliphatic carbocycles. The van der Waals surface area contributed by atoms with E-state index >= 15 is 0 Å². The summed E-state index contributed by atoms with van der Waals surface area (Å²) in [6.07, 6.45) is 4.76. The Labute approximate surface area is 156 Å². The average Bonchev–Trinajstić information content (AvgIpc) is 2.95. The second-order valence-corrected chi connectivity index (χ2v) is 6.31. The van der Waals surface area contributed by atoms with Gasteiger partial charge in [0.05, 0.1) is 23.8 Å². The van der Waals surface area contributed by atoms with Gasteiger partial charge in [0.25, 0.3) is 11.9 Å². The molecule has 0 atom stereocenters. The van der Waals surface area contributed by atoms with Gasteiger partial charge in [-0.3, -0.25) is 9.78 Å². The number of nitrogens with one attached hydrogen (secondary N) is 1. The molecule has 0 aliphatic heterocycles. The number of nitrogens with zero attached hydrogens (tertiary/aromatic N) is 5. The monoisotopic (exact) mass is 358 g/mol. The molecule has 0 saturated carbocycles. The highest BCUT2D eigenvalue weighted by atomic mass is 16.1. The molecule has 0 bridgehead atoms. The Bertz CT molecular complexity index is 1140. The molecular formula is C20H18N6O. The number of rotatable bonds is 3. The third kappa shape index (κ3) is 3.03. The van der Waals surface area contributed by atoms with Crippen LogP contribution in [0.2, 0.25) is 0 Å². The van der Waals surface area contributed by atoms with Crippen molar-refractivity contribution in [2.75, 3.05) is 5.32 Å². The maximum atomic E-state index is 12.6. The molecule has 3 heterocycles. The Morgan fingerprint density at radius 2 is 1.74 bits per heavy atom. The lowest BCUT2D eigenvalue weighted by atomic mass is 10.1. The summed E-state index contributed by atoms with van der Waals surface area (Å²) < 4.78 is 1.70. The number of anilines is 1. The van der Waals surface area contributed by atoms with Crippen molar-refractivity contribution in [3.8, 4) is 5.95 Å². The quantitative estimate of drug-likeness (QED) is 0.607. The van der Waals surface area contributed by atoms with Crippen LogP contribution in [0.15, 0.2) is 48.9 Å². The molecule has 0 radical (unpaired) electrons. The number of pyridine rings is 1. The van der Waals surface area contributed by atoms with Crippen molar-refractivity contribution in [1.82, 2.24) is 24.7 Å². The minimum atomic E-state index is -0.301. The SMILES string of the molecule is Cc1nn(-c2ncc(NC(=O)c3nccc4ccccc34)cn2)c(C)c1C. The lowest BCUT2D eigenvalue weighted by molar-refractivity contribution is 0.102. The van der Waals surface area contributed by atoms with Gasteiger partial charge in [-0.1, -0.05) is 24.3 Å². The molecule has 4 aromatic rings. The highest BCUT2D eigenvalue weighted by Crippen LogP contribution is 2.18. The maximum Gasteiger partial charge on any atom is 0.274 e. The van der Waals surface area contributed by atoms with Crippen molar-refractivity contribution in [2.45, 2.75) is 20.8 Å². The van der Waals surface area contributed by atoms with Gasteiger partial charge in [0.15, 0.2) is 0 Å². The van der Waals surface area contributed by atoms with Gasteiger partial charge in [0, 0.05) is 17.3 Å². The molecule has 0 spiro atoms. The van der Waals surface area contributed by atoms with E-state index in [1.54, 1.807) is 23.3 Å². The Morgan fingerprint density at radius 3 is 2.44 bits per heavy atom. The fourth-order valence-corrected chi connectivity index (χ4v) is 2.90. The zero-order chi connectivity index (χ0) is 19.0. The molecule has 0 fully saturated rings. The molecule has 3 aromatic heterocycles. The topological polar surface area (TPSA) is 85.6 Å². The van der Waals surface area contributed by atoms with Crippen LogP contribution in [0.4, 0.5) is 5.69 Å². The van der Waals surface area contributed by atoms with E-state index < -0.39 is 0 Å². The van der Waals surface area contributed by atoms with Crippen molar-refractivity contribution in [1.29, 1.82) is 0 Å². The van der Waals surface area contributed by atoms with E-state index in [0.717, 1.165) is 27.7 Å². The van der Waals surface area contributed by atoms with Crippen LogP contribution >= 0.6 is 0 Å². The Balaban J connectivity index is 1.59. The van der Waals surface area contributed by atoms with Crippen molar-refractivity contribution in [3.05, 3.63) is 71.6 Å². The predicted octanol–water partition coefficient (Wildman–Crippen LogP) is 3.39. The van der Waals surface area contributed by atoms with Crippen molar-refractivity contribution >= 4 is 22.4 Å². The van der Waals surface area contributed by atoms with Gasteiger partial charge in [-0.2, -0.15) is 5.10 Å². The first-order chi connectivity index (χ1) is 13.0. The number of aryl methyl sites for hydroxylation is 1. The number of carbonyl (C=O) groups excluding carboxylic acids is 1. The van der Waals surface area contributed by atoms with E-state index in [1.165, 1.54) is 0 Å². The third-order valence-electron chi connectivity index (χ3n) is 4.63. The molecular weight excluding hydrogens is 340 g/mol. The molecule has 4 rings (SSSR count). The average molecular weight is 358 g/mol. The largest absolute Gasteiger partial charge is 0.318 e. The van der Waals surface area contributed by atoms with Crippen LogP contribution in [0, 0.1) is 20.8 Å². The number of fused-ring (bicyclic) bond motifs is 1. The van der Waals surface area contributed by atoms with Gasteiger partial charge in [0.1, 0.15) is 5.69 Å². The van der Waals surface area contributed by atoms with Gasteiger partial charge in [-0.25, -0.2) is 14.6 Å². The molecule has 1 aromatic carbocycles. The number of hydrogen-bond acceptors (Lipinski definition) is 5. The number of hydrogen-bond donors (Lipinski definition) is 1. The standard InChI is InChI=1S/C20H18N6O/c1-12-13(2)25-26(14(12)3)20-22-10-16(11-23-20)24-19(27)18-17-7-5-4-6-15(17)8-9-21-18/h4-11H,1-3H3,(H,24,27).